The van der Waals surface area contributed by atoms with Crippen molar-refractivity contribution in [3.63, 3.8) is 0 Å². The fourth-order valence-electron chi connectivity index (χ4n) is 1.04. The number of hydrogen-bond acceptors (Lipinski definition) is 6. The van der Waals surface area contributed by atoms with Crippen LogP contribution in [0.5, 0.6) is 0 Å². The van der Waals surface area contributed by atoms with E-state index in [-0.39, 0.29) is 26.2 Å². The number of carbonyl (C=O) groups is 1. The zero-order valence-electron chi connectivity index (χ0n) is 9.84. The molecule has 6 nitrogen and oxygen atoms in total. The number of ether oxygens (including phenoxy) is 1. The molecule has 0 aromatic heterocycles. The third-order valence-corrected chi connectivity index (χ3v) is 3.89. The summed E-state index contributed by atoms with van der Waals surface area (Å²) in [4.78, 5) is 10.5. The SMILES string of the molecule is CCOP(=O)(OCC)[C@@H](O)CCOC(C)=O. The number of carbonyl (C=O) groups excluding carboxylic acids is 1. The van der Waals surface area contributed by atoms with Gasteiger partial charge in [0.15, 0.2) is 5.85 Å². The van der Waals surface area contributed by atoms with E-state index in [0.717, 1.165) is 0 Å². The summed E-state index contributed by atoms with van der Waals surface area (Å²) in [6.45, 7) is 4.93. The smallest absolute Gasteiger partial charge is 0.358 e. The van der Waals surface area contributed by atoms with Gasteiger partial charge in [0.2, 0.25) is 0 Å². The second-order valence-corrected chi connectivity index (χ2v) is 5.18. The van der Waals surface area contributed by atoms with Gasteiger partial charge in [-0.2, -0.15) is 0 Å². The van der Waals surface area contributed by atoms with Crippen LogP contribution >= 0.6 is 7.60 Å². The van der Waals surface area contributed by atoms with Crippen LogP contribution in [-0.4, -0.2) is 36.7 Å². The molecule has 0 heterocycles. The van der Waals surface area contributed by atoms with Gasteiger partial charge in [-0.25, -0.2) is 0 Å². The summed E-state index contributed by atoms with van der Waals surface area (Å²) in [6.07, 6.45) is 0.0247. The Labute approximate surface area is 95.4 Å². The highest BCUT2D eigenvalue weighted by Crippen LogP contribution is 2.52. The molecule has 16 heavy (non-hydrogen) atoms. The number of hydrogen-bond donors (Lipinski definition) is 1. The minimum Gasteiger partial charge on any atom is -0.466 e. The molecule has 0 radical (unpaired) electrons. The maximum Gasteiger partial charge on any atom is 0.358 e. The molecule has 0 fully saturated rings. The van der Waals surface area contributed by atoms with Gasteiger partial charge in [-0.05, 0) is 13.8 Å². The van der Waals surface area contributed by atoms with Gasteiger partial charge < -0.3 is 18.9 Å². The van der Waals surface area contributed by atoms with Crippen molar-refractivity contribution in [1.82, 2.24) is 0 Å². The Morgan fingerprint density at radius 3 is 2.19 bits per heavy atom. The average Bonchev–Trinajstić information content (AvgIpc) is 2.17. The lowest BCUT2D eigenvalue weighted by Gasteiger charge is -2.21. The molecule has 0 aromatic carbocycles. The summed E-state index contributed by atoms with van der Waals surface area (Å²) in [5.74, 6) is -1.72. The van der Waals surface area contributed by atoms with Crippen LogP contribution in [0.15, 0.2) is 0 Å². The molecule has 96 valence electrons. The molecule has 0 spiro atoms. The second-order valence-electron chi connectivity index (χ2n) is 2.98. The molecule has 0 aliphatic heterocycles. The van der Waals surface area contributed by atoms with E-state index in [1.54, 1.807) is 13.8 Å². The Bertz CT molecular complexity index is 244. The highest BCUT2D eigenvalue weighted by Gasteiger charge is 2.33. The molecule has 1 N–H and O–H groups in total. The van der Waals surface area contributed by atoms with Crippen molar-refractivity contribution >= 4 is 13.6 Å². The predicted octanol–water partition coefficient (Wildman–Crippen LogP) is 1.52. The molecule has 0 saturated carbocycles. The van der Waals surface area contributed by atoms with Crippen LogP contribution in [-0.2, 0) is 23.1 Å². The highest BCUT2D eigenvalue weighted by molar-refractivity contribution is 7.54. The minimum atomic E-state index is -3.51. The van der Waals surface area contributed by atoms with Crippen LogP contribution in [0.1, 0.15) is 27.2 Å². The molecule has 0 bridgehead atoms. The maximum absolute atomic E-state index is 12.0. The Morgan fingerprint density at radius 1 is 1.31 bits per heavy atom. The molecule has 1 atom stereocenters. The van der Waals surface area contributed by atoms with Gasteiger partial charge in [0.05, 0.1) is 19.8 Å². The number of esters is 1. The van der Waals surface area contributed by atoms with E-state index in [9.17, 15) is 14.5 Å². The fourth-order valence-corrected chi connectivity index (χ4v) is 2.60. The molecule has 7 heteroatoms. The van der Waals surface area contributed by atoms with E-state index < -0.39 is 19.4 Å². The monoisotopic (exact) mass is 254 g/mol. The lowest BCUT2D eigenvalue weighted by atomic mass is 10.5. The van der Waals surface area contributed by atoms with Gasteiger partial charge >= 0.3 is 13.6 Å². The topological polar surface area (TPSA) is 82.1 Å². The first-order valence-electron chi connectivity index (χ1n) is 5.16. The number of rotatable bonds is 8. The average molecular weight is 254 g/mol. The fraction of sp³-hybridized carbons (Fsp3) is 0.889. The number of aliphatic hydroxyl groups excluding tert-OH is 1. The van der Waals surface area contributed by atoms with Gasteiger partial charge in [-0.15, -0.1) is 0 Å². The molecule has 0 aliphatic carbocycles. The van der Waals surface area contributed by atoms with Crippen LogP contribution in [0.3, 0.4) is 0 Å². The van der Waals surface area contributed by atoms with Crippen molar-refractivity contribution in [3.8, 4) is 0 Å². The van der Waals surface area contributed by atoms with E-state index in [0.29, 0.717) is 0 Å². The van der Waals surface area contributed by atoms with Crippen molar-refractivity contribution in [2.75, 3.05) is 19.8 Å². The van der Waals surface area contributed by atoms with Gasteiger partial charge in [0, 0.05) is 13.3 Å². The molecule has 0 aliphatic rings. The van der Waals surface area contributed by atoms with E-state index >= 15 is 0 Å². The van der Waals surface area contributed by atoms with Crippen LogP contribution in [0, 0.1) is 0 Å². The largest absolute Gasteiger partial charge is 0.466 e. The molecule has 0 unspecified atom stereocenters. The van der Waals surface area contributed by atoms with E-state index in [4.69, 9.17) is 9.05 Å². The minimum absolute atomic E-state index is 0.0133. The standard InChI is InChI=1S/C9H19O6P/c1-4-14-16(12,15-5-2)9(11)6-7-13-8(3)10/h9,11H,4-7H2,1-3H3/t9-/m1/s1. The summed E-state index contributed by atoms with van der Waals surface area (Å²) >= 11 is 0. The first-order chi connectivity index (χ1) is 7.46. The summed E-state index contributed by atoms with van der Waals surface area (Å²) in [6, 6.07) is 0. The van der Waals surface area contributed by atoms with Crippen molar-refractivity contribution in [2.45, 2.75) is 33.0 Å². The molecular formula is C9H19O6P. The van der Waals surface area contributed by atoms with E-state index in [1.165, 1.54) is 6.92 Å². The second kappa shape index (κ2) is 7.79. The lowest BCUT2D eigenvalue weighted by molar-refractivity contribution is -0.141. The van der Waals surface area contributed by atoms with Gasteiger partial charge in [0.25, 0.3) is 0 Å². The normalized spacial score (nSPS) is 13.5. The Hall–Kier alpha value is -0.420. The van der Waals surface area contributed by atoms with Crippen LogP contribution < -0.4 is 0 Å². The first kappa shape index (κ1) is 15.6. The first-order valence-corrected chi connectivity index (χ1v) is 6.77. The zero-order valence-corrected chi connectivity index (χ0v) is 10.7. The summed E-state index contributed by atoms with van der Waals surface area (Å²) in [5, 5.41) is 9.64. The third-order valence-electron chi connectivity index (χ3n) is 1.66. The lowest BCUT2D eigenvalue weighted by Crippen LogP contribution is -2.16. The van der Waals surface area contributed by atoms with E-state index in [2.05, 4.69) is 4.74 Å². The molecule has 0 saturated heterocycles. The molecule has 0 rings (SSSR count). The Balaban J connectivity index is 4.21. The van der Waals surface area contributed by atoms with E-state index in [1.807, 2.05) is 0 Å². The maximum atomic E-state index is 12.0. The molecule has 0 amide bonds. The van der Waals surface area contributed by atoms with Gasteiger partial charge in [0.1, 0.15) is 0 Å². The predicted molar refractivity (Wildman–Crippen MR) is 58.1 cm³/mol. The van der Waals surface area contributed by atoms with Crippen molar-refractivity contribution in [3.05, 3.63) is 0 Å². The third kappa shape index (κ3) is 5.61. The Morgan fingerprint density at radius 2 is 1.81 bits per heavy atom. The van der Waals surface area contributed by atoms with Crippen LogP contribution in [0.25, 0.3) is 0 Å². The van der Waals surface area contributed by atoms with Crippen LogP contribution in [0.2, 0.25) is 0 Å². The molecular weight excluding hydrogens is 235 g/mol. The Kier molecular flexibility index (Phi) is 7.58. The van der Waals surface area contributed by atoms with Crippen molar-refractivity contribution in [2.24, 2.45) is 0 Å². The highest BCUT2D eigenvalue weighted by atomic mass is 31.2. The quantitative estimate of drug-likeness (QED) is 0.522. The molecule has 0 aromatic rings. The number of aliphatic hydroxyl groups is 1. The summed E-state index contributed by atoms with van der Waals surface area (Å²) in [5.41, 5.74) is 0. The van der Waals surface area contributed by atoms with Crippen molar-refractivity contribution < 1.29 is 28.3 Å². The summed E-state index contributed by atoms with van der Waals surface area (Å²) < 4.78 is 26.5. The summed E-state index contributed by atoms with van der Waals surface area (Å²) in [7, 11) is -3.51. The van der Waals surface area contributed by atoms with Gasteiger partial charge in [-0.1, -0.05) is 0 Å². The van der Waals surface area contributed by atoms with Crippen LogP contribution in [0.4, 0.5) is 0 Å². The van der Waals surface area contributed by atoms with Gasteiger partial charge in [-0.3, -0.25) is 9.36 Å². The van der Waals surface area contributed by atoms with Crippen molar-refractivity contribution in [1.29, 1.82) is 0 Å². The zero-order chi connectivity index (χ0) is 12.6.